The van der Waals surface area contributed by atoms with E-state index in [0.717, 1.165) is 21.6 Å². The molecule has 9 heteroatoms. The van der Waals surface area contributed by atoms with E-state index in [4.69, 9.17) is 11.1 Å². The van der Waals surface area contributed by atoms with Crippen molar-refractivity contribution < 1.29 is 26.0 Å². The highest BCUT2D eigenvalue weighted by Gasteiger charge is 2.26. The van der Waals surface area contributed by atoms with Crippen LogP contribution in [-0.2, 0) is 26.5 Å². The highest BCUT2D eigenvalue weighted by atomic mass is 32.2. The van der Waals surface area contributed by atoms with Crippen LogP contribution in [0.5, 0.6) is 0 Å². The Morgan fingerprint density at radius 1 is 1.17 bits per heavy atom. The van der Waals surface area contributed by atoms with Crippen LogP contribution in [-0.4, -0.2) is 32.9 Å². The first-order valence-electron chi connectivity index (χ1n) is 9.74. The summed E-state index contributed by atoms with van der Waals surface area (Å²) in [6.07, 6.45) is 5.97. The van der Waals surface area contributed by atoms with Gasteiger partial charge in [0.05, 0.1) is 16.4 Å². The van der Waals surface area contributed by atoms with E-state index in [1.165, 1.54) is 11.3 Å². The van der Waals surface area contributed by atoms with Crippen LogP contribution in [0.2, 0.25) is 0 Å². The van der Waals surface area contributed by atoms with Gasteiger partial charge < -0.3 is 0 Å². The Hall–Kier alpha value is -1.81. The molecule has 0 amide bonds. The van der Waals surface area contributed by atoms with Gasteiger partial charge in [-0.05, 0) is 36.5 Å². The van der Waals surface area contributed by atoms with E-state index in [9.17, 15) is 16.8 Å². The molecule has 1 heterocycles. The summed E-state index contributed by atoms with van der Waals surface area (Å²) in [4.78, 5) is 0.256. The second-order valence-corrected chi connectivity index (χ2v) is 12.0. The van der Waals surface area contributed by atoms with Crippen LogP contribution in [0.25, 0.3) is 16.3 Å². The van der Waals surface area contributed by atoms with Crippen molar-refractivity contribution >= 4 is 47.6 Å². The Bertz CT molecular complexity index is 1230. The molecule has 0 bridgehead atoms. The summed E-state index contributed by atoms with van der Waals surface area (Å²) >= 11 is 1.54. The molecule has 1 N–H and O–H groups in total. The molecule has 0 aliphatic heterocycles. The number of thiazole rings is 1. The molecule has 0 unspecified atom stereocenters. The van der Waals surface area contributed by atoms with Crippen molar-refractivity contribution in [1.29, 1.82) is 0 Å². The van der Waals surface area contributed by atoms with Gasteiger partial charge in [-0.2, -0.15) is 13.0 Å². The minimum Gasteiger partial charge on any atom is -0.286 e. The highest BCUT2D eigenvalue weighted by molar-refractivity contribution is 7.95. The lowest BCUT2D eigenvalue weighted by Gasteiger charge is -2.19. The number of allylic oxidation sites excluding steroid dienone is 3. The van der Waals surface area contributed by atoms with Crippen molar-refractivity contribution in [1.82, 2.24) is 0 Å². The molecular formula is C21H25NO5S3+. The van der Waals surface area contributed by atoms with Crippen molar-refractivity contribution in [3.8, 4) is 0 Å². The maximum atomic E-state index is 12.6. The van der Waals surface area contributed by atoms with Crippen LogP contribution in [0.15, 0.2) is 46.4 Å². The smallest absolute Gasteiger partial charge is 0.265 e. The van der Waals surface area contributed by atoms with Crippen molar-refractivity contribution in [3.63, 3.8) is 0 Å². The molecule has 1 aliphatic carbocycles. The fourth-order valence-electron chi connectivity index (χ4n) is 3.59. The summed E-state index contributed by atoms with van der Waals surface area (Å²) in [7, 11) is -7.45. The average Bonchev–Trinajstić information content (AvgIpc) is 3.03. The molecule has 1 radical (unpaired) electrons. The molecular weight excluding hydrogens is 442 g/mol. The predicted molar refractivity (Wildman–Crippen MR) is 120 cm³/mol. The molecule has 0 spiro atoms. The molecule has 2 aromatic rings. The number of fused-ring (bicyclic) bond motifs is 1. The van der Waals surface area contributed by atoms with Gasteiger partial charge in [-0.15, -0.1) is 0 Å². The Labute approximate surface area is 181 Å². The van der Waals surface area contributed by atoms with Crippen molar-refractivity contribution in [2.24, 2.45) is 0 Å². The number of hydrogen-bond donors (Lipinski definition) is 1. The number of rotatable bonds is 8. The lowest BCUT2D eigenvalue weighted by Crippen LogP contribution is -2.36. The van der Waals surface area contributed by atoms with E-state index in [2.05, 4.69) is 0 Å². The maximum Gasteiger partial charge on any atom is 0.265 e. The Balaban J connectivity index is 2.02. The zero-order chi connectivity index (χ0) is 21.9. The third kappa shape index (κ3) is 5.26. The Morgan fingerprint density at radius 3 is 2.60 bits per heavy atom. The van der Waals surface area contributed by atoms with Gasteiger partial charge in [0.15, 0.2) is 16.4 Å². The van der Waals surface area contributed by atoms with Crippen LogP contribution >= 0.6 is 11.3 Å². The second kappa shape index (κ2) is 9.13. The van der Waals surface area contributed by atoms with Gasteiger partial charge in [-0.3, -0.25) is 4.55 Å². The third-order valence-electron chi connectivity index (χ3n) is 5.01. The molecule has 0 atom stereocenters. The standard InChI is InChI=1S/C21H24NO5S3/c1-3-29(23,24)21-16(2)8-6-9-17(21)12-13-20-22(14-7-15-30(25,26)27)18-10-4-5-11-19(18)28-20/h2,4-5,10-13H,3,6-9,14-15H2,1H3/p+1/b13-12+,16-2?. The zero-order valence-corrected chi connectivity index (χ0v) is 19.2. The quantitative estimate of drug-likeness (QED) is 0.472. The van der Waals surface area contributed by atoms with Crippen LogP contribution in [0.1, 0.15) is 37.6 Å². The monoisotopic (exact) mass is 467 g/mol. The summed E-state index contributed by atoms with van der Waals surface area (Å²) in [6.45, 7) is 8.09. The van der Waals surface area contributed by atoms with E-state index >= 15 is 0 Å². The van der Waals surface area contributed by atoms with E-state index in [1.807, 2.05) is 41.0 Å². The second-order valence-electron chi connectivity index (χ2n) is 7.17. The first kappa shape index (κ1) is 22.9. The summed E-state index contributed by atoms with van der Waals surface area (Å²) < 4.78 is 59.3. The van der Waals surface area contributed by atoms with Gasteiger partial charge in [0.25, 0.3) is 15.1 Å². The molecule has 6 nitrogen and oxygen atoms in total. The molecule has 30 heavy (non-hydrogen) atoms. The lowest BCUT2D eigenvalue weighted by molar-refractivity contribution is -0.668. The number of hydrogen-bond acceptors (Lipinski definition) is 5. The maximum absolute atomic E-state index is 12.6. The summed E-state index contributed by atoms with van der Waals surface area (Å²) in [5.74, 6) is -0.318. The fourth-order valence-corrected chi connectivity index (χ4v) is 6.53. The van der Waals surface area contributed by atoms with Gasteiger partial charge >= 0.3 is 0 Å². The number of nitrogens with zero attached hydrogens (tertiary/aromatic N) is 1. The Morgan fingerprint density at radius 2 is 1.90 bits per heavy atom. The number of sulfone groups is 1. The molecule has 1 aromatic heterocycles. The van der Waals surface area contributed by atoms with Crippen molar-refractivity contribution in [2.45, 2.75) is 39.2 Å². The zero-order valence-electron chi connectivity index (χ0n) is 16.7. The number of aromatic nitrogens is 1. The van der Waals surface area contributed by atoms with Gasteiger partial charge in [-0.25, -0.2) is 8.42 Å². The topological polar surface area (TPSA) is 92.4 Å². The van der Waals surface area contributed by atoms with Crippen molar-refractivity contribution in [3.05, 3.63) is 58.0 Å². The molecule has 0 fully saturated rings. The minimum atomic E-state index is -4.02. The summed E-state index contributed by atoms with van der Waals surface area (Å²) in [5.41, 5.74) is 2.09. The molecule has 3 rings (SSSR count). The number of para-hydroxylation sites is 1. The normalized spacial score (nSPS) is 16.1. The lowest BCUT2D eigenvalue weighted by atomic mass is 9.95. The van der Waals surface area contributed by atoms with E-state index in [-0.39, 0.29) is 22.8 Å². The van der Waals surface area contributed by atoms with Gasteiger partial charge in [0.2, 0.25) is 5.52 Å². The number of aryl methyl sites for hydroxylation is 1. The average molecular weight is 468 g/mol. The van der Waals surface area contributed by atoms with Gasteiger partial charge in [0, 0.05) is 18.6 Å². The van der Waals surface area contributed by atoms with E-state index in [0.29, 0.717) is 30.5 Å². The van der Waals surface area contributed by atoms with Crippen LogP contribution < -0.4 is 4.57 Å². The summed E-state index contributed by atoms with van der Waals surface area (Å²) in [5, 5.41) is 0.872. The van der Waals surface area contributed by atoms with Gasteiger partial charge in [-0.1, -0.05) is 43.0 Å². The van der Waals surface area contributed by atoms with E-state index in [1.54, 1.807) is 6.92 Å². The summed E-state index contributed by atoms with van der Waals surface area (Å²) in [6, 6.07) is 7.78. The Kier molecular flexibility index (Phi) is 6.96. The molecule has 0 saturated heterocycles. The predicted octanol–water partition coefficient (Wildman–Crippen LogP) is 3.71. The molecule has 0 saturated carbocycles. The molecule has 1 aromatic carbocycles. The molecule has 161 valence electrons. The van der Waals surface area contributed by atoms with Crippen LogP contribution in [0.3, 0.4) is 0 Å². The SMILES string of the molecule is [CH]=C1CCCC(/C=C/c2sc3ccccc3[n+]2CCCS(=O)(=O)O)=C1S(=O)(=O)CC. The van der Waals surface area contributed by atoms with Crippen LogP contribution in [0.4, 0.5) is 0 Å². The van der Waals surface area contributed by atoms with Crippen molar-refractivity contribution in [2.75, 3.05) is 11.5 Å². The highest BCUT2D eigenvalue weighted by Crippen LogP contribution is 2.34. The fraction of sp³-hybridized carbons (Fsp3) is 0.381. The largest absolute Gasteiger partial charge is 0.286 e. The third-order valence-corrected chi connectivity index (χ3v) is 8.86. The molecule has 1 aliphatic rings. The van der Waals surface area contributed by atoms with E-state index < -0.39 is 20.0 Å². The first-order valence-corrected chi connectivity index (χ1v) is 13.8. The number of benzene rings is 1. The van der Waals surface area contributed by atoms with Gasteiger partial charge in [0.1, 0.15) is 4.70 Å². The van der Waals surface area contributed by atoms with Crippen LogP contribution in [0, 0.1) is 6.58 Å². The minimum absolute atomic E-state index is 0.00110. The first-order chi connectivity index (χ1) is 14.1.